The standard InChI is InChI=1S/C10H12FN/c11-10-5-8-3-1-2-4-9(8)6-12-7-10/h1-4,10,12H,5-7H2/p+1. The lowest BCUT2D eigenvalue weighted by atomic mass is 10.0. The van der Waals surface area contributed by atoms with Crippen molar-refractivity contribution in [3.05, 3.63) is 35.4 Å². The van der Waals surface area contributed by atoms with Gasteiger partial charge < -0.3 is 5.32 Å². The van der Waals surface area contributed by atoms with Gasteiger partial charge >= 0.3 is 0 Å². The van der Waals surface area contributed by atoms with Crippen molar-refractivity contribution in [1.82, 2.24) is 0 Å². The van der Waals surface area contributed by atoms with Crippen LogP contribution in [0.5, 0.6) is 0 Å². The van der Waals surface area contributed by atoms with Crippen molar-refractivity contribution >= 4 is 0 Å². The van der Waals surface area contributed by atoms with Gasteiger partial charge in [-0.2, -0.15) is 0 Å². The fraction of sp³-hybridized carbons (Fsp3) is 0.400. The van der Waals surface area contributed by atoms with Crippen molar-refractivity contribution in [2.24, 2.45) is 0 Å². The quantitative estimate of drug-likeness (QED) is 0.582. The van der Waals surface area contributed by atoms with Gasteiger partial charge in [0.2, 0.25) is 0 Å². The Balaban J connectivity index is 2.31. The highest BCUT2D eigenvalue weighted by Crippen LogP contribution is 2.12. The number of halogens is 1. The fourth-order valence-corrected chi connectivity index (χ4v) is 1.70. The first-order valence-electron chi connectivity index (χ1n) is 4.39. The van der Waals surface area contributed by atoms with E-state index < -0.39 is 6.17 Å². The van der Waals surface area contributed by atoms with Gasteiger partial charge in [0, 0.05) is 12.0 Å². The SMILES string of the molecule is FC1C[NH2+]Cc2ccccc2C1. The Morgan fingerprint density at radius 2 is 2.00 bits per heavy atom. The Bertz CT molecular complexity index is 272. The minimum Gasteiger partial charge on any atom is -0.340 e. The van der Waals surface area contributed by atoms with Gasteiger partial charge in [0.15, 0.2) is 6.17 Å². The zero-order chi connectivity index (χ0) is 8.39. The maximum absolute atomic E-state index is 13.1. The summed E-state index contributed by atoms with van der Waals surface area (Å²) in [5, 5.41) is 2.04. The van der Waals surface area contributed by atoms with E-state index in [2.05, 4.69) is 6.07 Å². The van der Waals surface area contributed by atoms with E-state index in [0.717, 1.165) is 6.54 Å². The van der Waals surface area contributed by atoms with Crippen LogP contribution in [0.2, 0.25) is 0 Å². The zero-order valence-electron chi connectivity index (χ0n) is 6.96. The Hall–Kier alpha value is -0.890. The number of quaternary nitrogens is 1. The van der Waals surface area contributed by atoms with Gasteiger partial charge in [-0.05, 0) is 5.56 Å². The molecule has 0 aromatic heterocycles. The molecule has 0 fully saturated rings. The maximum Gasteiger partial charge on any atom is 0.153 e. The van der Waals surface area contributed by atoms with Crippen molar-refractivity contribution in [1.29, 1.82) is 0 Å². The van der Waals surface area contributed by atoms with Crippen LogP contribution in [0.1, 0.15) is 11.1 Å². The van der Waals surface area contributed by atoms with Crippen molar-refractivity contribution in [2.75, 3.05) is 6.54 Å². The van der Waals surface area contributed by atoms with Gasteiger partial charge in [-0.3, -0.25) is 0 Å². The van der Waals surface area contributed by atoms with Crippen LogP contribution in [0.25, 0.3) is 0 Å². The molecule has 0 saturated carbocycles. The van der Waals surface area contributed by atoms with E-state index >= 15 is 0 Å². The number of benzene rings is 1. The number of alkyl halides is 1. The summed E-state index contributed by atoms with van der Waals surface area (Å²) in [7, 11) is 0. The van der Waals surface area contributed by atoms with Gasteiger partial charge in [-0.1, -0.05) is 24.3 Å². The molecular formula is C10H13FN+. The van der Waals surface area contributed by atoms with Gasteiger partial charge in [-0.15, -0.1) is 0 Å². The second kappa shape index (κ2) is 3.23. The normalized spacial score (nSPS) is 22.9. The molecule has 1 unspecified atom stereocenters. The summed E-state index contributed by atoms with van der Waals surface area (Å²) in [4.78, 5) is 0. The van der Waals surface area contributed by atoms with Crippen LogP contribution < -0.4 is 5.32 Å². The van der Waals surface area contributed by atoms with Gasteiger partial charge in [0.1, 0.15) is 13.1 Å². The molecule has 12 heavy (non-hydrogen) atoms. The molecule has 2 N–H and O–H groups in total. The molecule has 1 aromatic carbocycles. The van der Waals surface area contributed by atoms with Crippen LogP contribution in [0.4, 0.5) is 4.39 Å². The lowest BCUT2D eigenvalue weighted by Gasteiger charge is -2.02. The van der Waals surface area contributed by atoms with Crippen LogP contribution >= 0.6 is 0 Å². The van der Waals surface area contributed by atoms with Crippen LogP contribution in [0, 0.1) is 0 Å². The van der Waals surface area contributed by atoms with E-state index in [0.29, 0.717) is 13.0 Å². The minimum atomic E-state index is -0.673. The molecule has 2 rings (SSSR count). The maximum atomic E-state index is 13.1. The lowest BCUT2D eigenvalue weighted by Crippen LogP contribution is -2.83. The average Bonchev–Trinajstić information content (AvgIpc) is 2.25. The van der Waals surface area contributed by atoms with Crippen LogP contribution in [-0.4, -0.2) is 12.7 Å². The Morgan fingerprint density at radius 1 is 1.25 bits per heavy atom. The molecule has 0 radical (unpaired) electrons. The number of nitrogens with two attached hydrogens (primary N) is 1. The van der Waals surface area contributed by atoms with Gasteiger partial charge in [-0.25, -0.2) is 4.39 Å². The summed E-state index contributed by atoms with van der Waals surface area (Å²) in [5.41, 5.74) is 2.47. The zero-order valence-corrected chi connectivity index (χ0v) is 6.96. The third-order valence-electron chi connectivity index (χ3n) is 2.35. The second-order valence-electron chi connectivity index (χ2n) is 3.30. The summed E-state index contributed by atoms with van der Waals surface area (Å²) >= 11 is 0. The molecule has 1 heterocycles. The highest BCUT2D eigenvalue weighted by atomic mass is 19.1. The largest absolute Gasteiger partial charge is 0.340 e. The van der Waals surface area contributed by atoms with Gasteiger partial charge in [0.05, 0.1) is 0 Å². The van der Waals surface area contributed by atoms with E-state index in [9.17, 15) is 4.39 Å². The minimum absolute atomic E-state index is 0.590. The third-order valence-corrected chi connectivity index (χ3v) is 2.35. The van der Waals surface area contributed by atoms with E-state index in [-0.39, 0.29) is 0 Å². The molecule has 64 valence electrons. The first kappa shape index (κ1) is 7.74. The summed E-state index contributed by atoms with van der Waals surface area (Å²) in [5.74, 6) is 0. The van der Waals surface area contributed by atoms with E-state index in [1.807, 2.05) is 23.5 Å². The highest BCUT2D eigenvalue weighted by molar-refractivity contribution is 5.27. The number of fused-ring (bicyclic) bond motifs is 1. The van der Waals surface area contributed by atoms with Crippen molar-refractivity contribution in [2.45, 2.75) is 19.1 Å². The number of rotatable bonds is 0. The average molecular weight is 166 g/mol. The number of hydrogen-bond acceptors (Lipinski definition) is 0. The van der Waals surface area contributed by atoms with Crippen molar-refractivity contribution < 1.29 is 9.71 Å². The van der Waals surface area contributed by atoms with Crippen molar-refractivity contribution in [3.63, 3.8) is 0 Å². The Morgan fingerprint density at radius 3 is 2.83 bits per heavy atom. The molecule has 0 bridgehead atoms. The van der Waals surface area contributed by atoms with Gasteiger partial charge in [0.25, 0.3) is 0 Å². The lowest BCUT2D eigenvalue weighted by molar-refractivity contribution is -0.673. The molecule has 1 aliphatic rings. The van der Waals surface area contributed by atoms with E-state index in [1.54, 1.807) is 0 Å². The first-order valence-corrected chi connectivity index (χ1v) is 4.39. The highest BCUT2D eigenvalue weighted by Gasteiger charge is 2.16. The van der Waals surface area contributed by atoms with Crippen LogP contribution in [0.15, 0.2) is 24.3 Å². The van der Waals surface area contributed by atoms with E-state index in [1.165, 1.54) is 11.1 Å². The molecule has 0 saturated heterocycles. The molecule has 0 amide bonds. The molecule has 1 aliphatic heterocycles. The third kappa shape index (κ3) is 1.48. The molecule has 1 atom stereocenters. The molecule has 1 aromatic rings. The summed E-state index contributed by atoms with van der Waals surface area (Å²) < 4.78 is 13.1. The first-order chi connectivity index (χ1) is 5.86. The Kier molecular flexibility index (Phi) is 2.09. The molecule has 0 aliphatic carbocycles. The predicted molar refractivity (Wildman–Crippen MR) is 45.5 cm³/mol. The summed E-state index contributed by atoms with van der Waals surface area (Å²) in [6.45, 7) is 1.53. The summed E-state index contributed by atoms with van der Waals surface area (Å²) in [6, 6.07) is 8.12. The summed E-state index contributed by atoms with van der Waals surface area (Å²) in [6.07, 6.45) is -0.0826. The van der Waals surface area contributed by atoms with Crippen LogP contribution in [-0.2, 0) is 13.0 Å². The molecule has 1 nitrogen and oxygen atoms in total. The number of hydrogen-bond donors (Lipinski definition) is 1. The molecular weight excluding hydrogens is 153 g/mol. The Labute approximate surface area is 71.6 Å². The molecule has 0 spiro atoms. The second-order valence-corrected chi connectivity index (χ2v) is 3.30. The van der Waals surface area contributed by atoms with Crippen molar-refractivity contribution in [3.8, 4) is 0 Å². The topological polar surface area (TPSA) is 16.6 Å². The monoisotopic (exact) mass is 166 g/mol. The van der Waals surface area contributed by atoms with E-state index in [4.69, 9.17) is 0 Å². The molecule has 2 heteroatoms. The fourth-order valence-electron chi connectivity index (χ4n) is 1.70. The van der Waals surface area contributed by atoms with Crippen LogP contribution in [0.3, 0.4) is 0 Å². The smallest absolute Gasteiger partial charge is 0.153 e. The predicted octanol–water partition coefficient (Wildman–Crippen LogP) is 0.644.